The lowest BCUT2D eigenvalue weighted by Crippen LogP contribution is -2.59. The number of para-hydroxylation sites is 1. The van der Waals surface area contributed by atoms with Gasteiger partial charge in [-0.3, -0.25) is 14.4 Å². The molecule has 1 unspecified atom stereocenters. The van der Waals surface area contributed by atoms with Crippen LogP contribution in [0.15, 0.2) is 43.1 Å². The molecule has 126 valence electrons. The molecule has 0 bridgehead atoms. The maximum atomic E-state index is 12.5. The molecule has 2 rings (SSSR count). The Morgan fingerprint density at radius 1 is 1.33 bits per heavy atom. The summed E-state index contributed by atoms with van der Waals surface area (Å²) in [5, 5.41) is 14.6. The van der Waals surface area contributed by atoms with Crippen LogP contribution in [-0.2, 0) is 20.8 Å². The van der Waals surface area contributed by atoms with Crippen LogP contribution in [0.1, 0.15) is 12.5 Å². The van der Waals surface area contributed by atoms with Gasteiger partial charge < -0.3 is 20.7 Å². The van der Waals surface area contributed by atoms with Crippen LogP contribution in [0.2, 0.25) is 0 Å². The van der Waals surface area contributed by atoms with E-state index in [1.165, 1.54) is 13.0 Å². The van der Waals surface area contributed by atoms with E-state index in [-0.39, 0.29) is 6.42 Å². The molecule has 4 N–H and O–H groups in total. The van der Waals surface area contributed by atoms with Gasteiger partial charge in [-0.2, -0.15) is 0 Å². The second kappa shape index (κ2) is 6.99. The SMILES string of the molecule is C=CC(Cc1c[nH]c2ccccc12)(NC(C)=O)C(=O)NCC(=O)O. The first-order valence-electron chi connectivity index (χ1n) is 7.35. The lowest BCUT2D eigenvalue weighted by Gasteiger charge is -2.29. The summed E-state index contributed by atoms with van der Waals surface area (Å²) in [5.41, 5.74) is 0.274. The van der Waals surface area contributed by atoms with Crippen molar-refractivity contribution < 1.29 is 19.5 Å². The third kappa shape index (κ3) is 3.62. The number of rotatable bonds is 7. The number of benzene rings is 1. The lowest BCUT2D eigenvalue weighted by atomic mass is 9.89. The minimum atomic E-state index is -1.44. The van der Waals surface area contributed by atoms with Crippen molar-refractivity contribution in [2.45, 2.75) is 18.9 Å². The number of carbonyl (C=O) groups is 3. The van der Waals surface area contributed by atoms with Gasteiger partial charge in [-0.25, -0.2) is 0 Å². The van der Waals surface area contributed by atoms with E-state index in [4.69, 9.17) is 5.11 Å². The van der Waals surface area contributed by atoms with E-state index >= 15 is 0 Å². The summed E-state index contributed by atoms with van der Waals surface area (Å²) in [6, 6.07) is 7.56. The summed E-state index contributed by atoms with van der Waals surface area (Å²) < 4.78 is 0. The lowest BCUT2D eigenvalue weighted by molar-refractivity contribution is -0.139. The molecule has 0 aliphatic carbocycles. The highest BCUT2D eigenvalue weighted by atomic mass is 16.4. The minimum Gasteiger partial charge on any atom is -0.480 e. The third-order valence-electron chi connectivity index (χ3n) is 3.70. The van der Waals surface area contributed by atoms with Crippen LogP contribution in [0.25, 0.3) is 10.9 Å². The summed E-state index contributed by atoms with van der Waals surface area (Å²) in [6.45, 7) is 4.41. The molecule has 7 heteroatoms. The highest BCUT2D eigenvalue weighted by molar-refractivity contribution is 5.95. The van der Waals surface area contributed by atoms with E-state index in [0.29, 0.717) is 0 Å². The number of aromatic nitrogens is 1. The Morgan fingerprint density at radius 3 is 2.67 bits per heavy atom. The van der Waals surface area contributed by atoms with Crippen molar-refractivity contribution in [3.8, 4) is 0 Å². The van der Waals surface area contributed by atoms with Gasteiger partial charge in [-0.1, -0.05) is 24.3 Å². The molecule has 1 aromatic heterocycles. The Morgan fingerprint density at radius 2 is 2.04 bits per heavy atom. The van der Waals surface area contributed by atoms with Crippen LogP contribution in [0.5, 0.6) is 0 Å². The van der Waals surface area contributed by atoms with Crippen LogP contribution in [0, 0.1) is 0 Å². The number of amides is 2. The average molecular weight is 329 g/mol. The summed E-state index contributed by atoms with van der Waals surface area (Å²) in [4.78, 5) is 37.9. The summed E-state index contributed by atoms with van der Waals surface area (Å²) in [5.74, 6) is -2.21. The smallest absolute Gasteiger partial charge is 0.322 e. The molecule has 0 saturated heterocycles. The van der Waals surface area contributed by atoms with Gasteiger partial charge in [0.2, 0.25) is 5.91 Å². The highest BCUT2D eigenvalue weighted by Crippen LogP contribution is 2.23. The van der Waals surface area contributed by atoms with Crippen molar-refractivity contribution in [2.24, 2.45) is 0 Å². The van der Waals surface area contributed by atoms with Crippen molar-refractivity contribution in [2.75, 3.05) is 6.54 Å². The van der Waals surface area contributed by atoms with Gasteiger partial charge in [0.15, 0.2) is 0 Å². The van der Waals surface area contributed by atoms with Crippen LogP contribution in [0.3, 0.4) is 0 Å². The van der Waals surface area contributed by atoms with E-state index in [1.54, 1.807) is 6.20 Å². The predicted octanol–water partition coefficient (Wildman–Crippen LogP) is 0.972. The van der Waals surface area contributed by atoms with Gasteiger partial charge in [-0.15, -0.1) is 6.58 Å². The largest absolute Gasteiger partial charge is 0.480 e. The molecule has 0 aliphatic heterocycles. The fourth-order valence-corrected chi connectivity index (χ4v) is 2.60. The number of carboxylic acid groups (broad SMARTS) is 1. The Labute approximate surface area is 138 Å². The molecular formula is C17H19N3O4. The molecule has 0 radical (unpaired) electrons. The Balaban J connectivity index is 2.37. The Hall–Kier alpha value is -3.09. The fourth-order valence-electron chi connectivity index (χ4n) is 2.60. The van der Waals surface area contributed by atoms with E-state index < -0.39 is 29.9 Å². The van der Waals surface area contributed by atoms with Gasteiger partial charge in [0, 0.05) is 30.4 Å². The standard InChI is InChI=1S/C17H19N3O4/c1-3-17(20-11(2)21,16(24)19-10-15(22)23)8-12-9-18-14-7-5-4-6-13(12)14/h3-7,9,18H,1,8,10H2,2H3,(H,19,24)(H,20,21)(H,22,23). The molecule has 0 fully saturated rings. The van der Waals surface area contributed by atoms with Gasteiger partial charge in [-0.05, 0) is 11.6 Å². The zero-order valence-corrected chi connectivity index (χ0v) is 13.3. The number of aliphatic carboxylic acids is 1. The molecule has 24 heavy (non-hydrogen) atoms. The molecular weight excluding hydrogens is 310 g/mol. The molecule has 0 spiro atoms. The van der Waals surface area contributed by atoms with Gasteiger partial charge >= 0.3 is 5.97 Å². The number of carboxylic acids is 1. The fraction of sp³-hybridized carbons (Fsp3) is 0.235. The monoisotopic (exact) mass is 329 g/mol. The Kier molecular flexibility index (Phi) is 5.03. The van der Waals surface area contributed by atoms with E-state index in [9.17, 15) is 14.4 Å². The van der Waals surface area contributed by atoms with Crippen LogP contribution in [-0.4, -0.2) is 40.0 Å². The van der Waals surface area contributed by atoms with E-state index in [2.05, 4.69) is 22.2 Å². The van der Waals surface area contributed by atoms with Gasteiger partial charge in [0.25, 0.3) is 5.91 Å². The van der Waals surface area contributed by atoms with E-state index in [0.717, 1.165) is 16.5 Å². The number of nitrogens with one attached hydrogen (secondary N) is 3. The quantitative estimate of drug-likeness (QED) is 0.567. The van der Waals surface area contributed by atoms with Crippen LogP contribution >= 0.6 is 0 Å². The Bertz CT molecular complexity index is 796. The highest BCUT2D eigenvalue weighted by Gasteiger charge is 2.37. The zero-order chi connectivity index (χ0) is 17.7. The van der Waals surface area contributed by atoms with Crippen LogP contribution < -0.4 is 10.6 Å². The zero-order valence-electron chi connectivity index (χ0n) is 13.3. The molecule has 0 saturated carbocycles. The molecule has 2 amide bonds. The normalized spacial score (nSPS) is 13.0. The predicted molar refractivity (Wildman–Crippen MR) is 89.4 cm³/mol. The first kappa shape index (κ1) is 17.3. The molecule has 1 atom stereocenters. The van der Waals surface area contributed by atoms with Crippen molar-refractivity contribution in [1.82, 2.24) is 15.6 Å². The summed E-state index contributed by atoms with van der Waals surface area (Å²) in [7, 11) is 0. The first-order chi connectivity index (χ1) is 11.4. The maximum absolute atomic E-state index is 12.5. The number of hydrogen-bond acceptors (Lipinski definition) is 3. The number of carbonyl (C=O) groups excluding carboxylic acids is 2. The maximum Gasteiger partial charge on any atom is 0.322 e. The van der Waals surface area contributed by atoms with Gasteiger partial charge in [0.1, 0.15) is 12.1 Å². The first-order valence-corrected chi connectivity index (χ1v) is 7.35. The van der Waals surface area contributed by atoms with E-state index in [1.807, 2.05) is 24.3 Å². The average Bonchev–Trinajstić information content (AvgIpc) is 2.94. The molecule has 7 nitrogen and oxygen atoms in total. The third-order valence-corrected chi connectivity index (χ3v) is 3.70. The summed E-state index contributed by atoms with van der Waals surface area (Å²) in [6.07, 6.45) is 3.23. The second-order valence-corrected chi connectivity index (χ2v) is 5.47. The second-order valence-electron chi connectivity index (χ2n) is 5.47. The van der Waals surface area contributed by atoms with Crippen molar-refractivity contribution >= 4 is 28.7 Å². The topological polar surface area (TPSA) is 111 Å². The minimum absolute atomic E-state index is 0.144. The van der Waals surface area contributed by atoms with Crippen molar-refractivity contribution in [3.63, 3.8) is 0 Å². The molecule has 2 aromatic rings. The van der Waals surface area contributed by atoms with Crippen molar-refractivity contribution in [3.05, 3.63) is 48.7 Å². The number of aromatic amines is 1. The van der Waals surface area contributed by atoms with Crippen molar-refractivity contribution in [1.29, 1.82) is 0 Å². The number of fused-ring (bicyclic) bond motifs is 1. The molecule has 0 aliphatic rings. The summed E-state index contributed by atoms with van der Waals surface area (Å²) >= 11 is 0. The van der Waals surface area contributed by atoms with Gasteiger partial charge in [0.05, 0.1) is 0 Å². The number of hydrogen-bond donors (Lipinski definition) is 4. The number of H-pyrrole nitrogens is 1. The van der Waals surface area contributed by atoms with Crippen LogP contribution in [0.4, 0.5) is 0 Å². The molecule has 1 aromatic carbocycles. The molecule has 1 heterocycles.